The van der Waals surface area contributed by atoms with E-state index >= 15 is 0 Å². The Labute approximate surface area is 146 Å². The molecule has 0 unspecified atom stereocenters. The zero-order valence-electron chi connectivity index (χ0n) is 11.6. The number of nitrogens with zero attached hydrogens (tertiary/aromatic N) is 1. The lowest BCUT2D eigenvalue weighted by molar-refractivity contribution is 1.32. The number of pyridine rings is 1. The van der Waals surface area contributed by atoms with Crippen LogP contribution >= 0.6 is 39.1 Å². The average molecular weight is 397 g/mol. The molecule has 1 aromatic heterocycles. The fraction of sp³-hybridized carbons (Fsp3) is 0.0625. The third kappa shape index (κ3) is 2.86. The van der Waals surface area contributed by atoms with Crippen molar-refractivity contribution in [1.82, 2.24) is 4.98 Å². The van der Waals surface area contributed by atoms with Crippen molar-refractivity contribution in [3.05, 3.63) is 56.6 Å². The fourth-order valence-electron chi connectivity index (χ4n) is 2.24. The Morgan fingerprint density at radius 3 is 2.68 bits per heavy atom. The van der Waals surface area contributed by atoms with E-state index in [0.717, 1.165) is 26.5 Å². The van der Waals surface area contributed by atoms with Crippen LogP contribution in [0, 0.1) is 6.92 Å². The van der Waals surface area contributed by atoms with Gasteiger partial charge in [0.15, 0.2) is 0 Å². The summed E-state index contributed by atoms with van der Waals surface area (Å²) in [5, 5.41) is 6.25. The van der Waals surface area contributed by atoms with Crippen LogP contribution in [0.25, 0.3) is 10.8 Å². The molecule has 0 aliphatic carbocycles. The van der Waals surface area contributed by atoms with Crippen molar-refractivity contribution >= 4 is 67.1 Å². The summed E-state index contributed by atoms with van der Waals surface area (Å²) in [6, 6.07) is 9.32. The van der Waals surface area contributed by atoms with E-state index in [1.165, 1.54) is 0 Å². The van der Waals surface area contributed by atoms with Gasteiger partial charge in [0.25, 0.3) is 0 Å². The van der Waals surface area contributed by atoms with Gasteiger partial charge in [-0.2, -0.15) is 0 Å². The molecule has 2 aromatic carbocycles. The minimum absolute atomic E-state index is 0.565. The van der Waals surface area contributed by atoms with Crippen molar-refractivity contribution in [3.8, 4) is 0 Å². The summed E-state index contributed by atoms with van der Waals surface area (Å²) in [5.74, 6) is 0.673. The first-order valence-electron chi connectivity index (χ1n) is 6.52. The van der Waals surface area contributed by atoms with Crippen LogP contribution in [0.15, 0.2) is 41.0 Å². The largest absolute Gasteiger partial charge is 0.398 e. The summed E-state index contributed by atoms with van der Waals surface area (Å²) in [6.45, 7) is 1.96. The molecule has 1 heterocycles. The molecule has 112 valence electrons. The maximum atomic E-state index is 6.16. The van der Waals surface area contributed by atoms with Gasteiger partial charge in [-0.25, -0.2) is 4.98 Å². The molecule has 0 atom stereocenters. The summed E-state index contributed by atoms with van der Waals surface area (Å²) in [7, 11) is 0. The zero-order valence-corrected chi connectivity index (χ0v) is 14.7. The van der Waals surface area contributed by atoms with Gasteiger partial charge >= 0.3 is 0 Å². The number of anilines is 3. The number of aryl methyl sites for hydroxylation is 1. The number of rotatable bonds is 2. The van der Waals surface area contributed by atoms with E-state index in [9.17, 15) is 0 Å². The van der Waals surface area contributed by atoms with Gasteiger partial charge < -0.3 is 11.1 Å². The van der Waals surface area contributed by atoms with Gasteiger partial charge in [-0.05, 0) is 52.7 Å². The van der Waals surface area contributed by atoms with Crippen molar-refractivity contribution in [3.63, 3.8) is 0 Å². The number of nitrogens with two attached hydrogens (primary N) is 1. The summed E-state index contributed by atoms with van der Waals surface area (Å²) in [4.78, 5) is 4.42. The summed E-state index contributed by atoms with van der Waals surface area (Å²) >= 11 is 15.8. The first kappa shape index (κ1) is 15.4. The maximum Gasteiger partial charge on any atom is 0.138 e. The molecule has 0 aliphatic rings. The standard InChI is InChI=1S/C16H12BrCl2N3/c1-8-2-3-10(6-13(8)19)22-16-11-4-9(18)5-14(20)15(11)12(17)7-21-16/h2-7H,20H2,1H3,(H,21,22). The normalized spacial score (nSPS) is 10.9. The van der Waals surface area contributed by atoms with E-state index in [1.807, 2.05) is 31.2 Å². The molecule has 0 saturated heterocycles. The molecule has 0 aliphatic heterocycles. The van der Waals surface area contributed by atoms with Crippen LogP contribution in [-0.4, -0.2) is 4.98 Å². The van der Waals surface area contributed by atoms with Gasteiger partial charge in [-0.15, -0.1) is 0 Å². The summed E-state index contributed by atoms with van der Waals surface area (Å²) < 4.78 is 0.823. The van der Waals surface area contributed by atoms with Crippen LogP contribution in [-0.2, 0) is 0 Å². The topological polar surface area (TPSA) is 50.9 Å². The third-order valence-electron chi connectivity index (χ3n) is 3.37. The highest BCUT2D eigenvalue weighted by molar-refractivity contribution is 9.10. The number of halogens is 3. The fourth-order valence-corrected chi connectivity index (χ4v) is 3.20. The van der Waals surface area contributed by atoms with Crippen molar-refractivity contribution in [1.29, 1.82) is 0 Å². The van der Waals surface area contributed by atoms with Crippen molar-refractivity contribution in [2.75, 3.05) is 11.1 Å². The van der Waals surface area contributed by atoms with Gasteiger partial charge in [0.05, 0.1) is 0 Å². The second-order valence-electron chi connectivity index (χ2n) is 4.96. The van der Waals surface area contributed by atoms with Gasteiger partial charge in [0.1, 0.15) is 5.82 Å². The number of nitrogen functional groups attached to an aromatic ring is 1. The molecule has 3 aromatic rings. The molecule has 3 nitrogen and oxygen atoms in total. The lowest BCUT2D eigenvalue weighted by Crippen LogP contribution is -1.97. The van der Waals surface area contributed by atoms with Gasteiger partial charge in [0.2, 0.25) is 0 Å². The molecule has 0 saturated carbocycles. The Morgan fingerprint density at radius 2 is 1.95 bits per heavy atom. The van der Waals surface area contributed by atoms with E-state index in [1.54, 1.807) is 12.3 Å². The molecular formula is C16H12BrCl2N3. The Kier molecular flexibility index (Phi) is 4.17. The Hall–Kier alpha value is -1.49. The molecule has 3 rings (SSSR count). The monoisotopic (exact) mass is 395 g/mol. The van der Waals surface area contributed by atoms with E-state index in [-0.39, 0.29) is 0 Å². The van der Waals surface area contributed by atoms with Crippen LogP contribution in [0.1, 0.15) is 5.56 Å². The molecule has 0 radical (unpaired) electrons. The van der Waals surface area contributed by atoms with Crippen molar-refractivity contribution in [2.45, 2.75) is 6.92 Å². The van der Waals surface area contributed by atoms with Crippen LogP contribution in [0.4, 0.5) is 17.2 Å². The smallest absolute Gasteiger partial charge is 0.138 e. The van der Waals surface area contributed by atoms with E-state index in [2.05, 4.69) is 26.2 Å². The van der Waals surface area contributed by atoms with E-state index in [0.29, 0.717) is 21.6 Å². The minimum Gasteiger partial charge on any atom is -0.398 e. The van der Waals surface area contributed by atoms with Crippen LogP contribution in [0.2, 0.25) is 10.0 Å². The maximum absolute atomic E-state index is 6.16. The first-order valence-corrected chi connectivity index (χ1v) is 8.07. The molecule has 3 N–H and O–H groups in total. The highest BCUT2D eigenvalue weighted by Crippen LogP contribution is 2.36. The number of hydrogen-bond donors (Lipinski definition) is 2. The first-order chi connectivity index (χ1) is 10.5. The van der Waals surface area contributed by atoms with Crippen LogP contribution < -0.4 is 11.1 Å². The minimum atomic E-state index is 0.565. The summed E-state index contributed by atoms with van der Waals surface area (Å²) in [6.07, 6.45) is 1.71. The number of aromatic nitrogens is 1. The SMILES string of the molecule is Cc1ccc(Nc2ncc(Br)c3c(N)cc(Cl)cc23)cc1Cl. The molecule has 22 heavy (non-hydrogen) atoms. The quantitative estimate of drug-likeness (QED) is 0.527. The van der Waals surface area contributed by atoms with Gasteiger partial charge in [0, 0.05) is 42.9 Å². The molecule has 0 fully saturated rings. The molecular weight excluding hydrogens is 385 g/mol. The molecule has 6 heteroatoms. The highest BCUT2D eigenvalue weighted by Gasteiger charge is 2.11. The van der Waals surface area contributed by atoms with Gasteiger partial charge in [-0.3, -0.25) is 0 Å². The second kappa shape index (κ2) is 5.95. The number of fused-ring (bicyclic) bond motifs is 1. The van der Waals surface area contributed by atoms with Crippen molar-refractivity contribution < 1.29 is 0 Å². The van der Waals surface area contributed by atoms with Crippen LogP contribution in [0.3, 0.4) is 0 Å². The predicted octanol–water partition coefficient (Wildman–Crippen LogP) is 5.94. The second-order valence-corrected chi connectivity index (χ2v) is 6.66. The Bertz CT molecular complexity index is 881. The highest BCUT2D eigenvalue weighted by atomic mass is 79.9. The average Bonchev–Trinajstić information content (AvgIpc) is 2.45. The predicted molar refractivity (Wildman–Crippen MR) is 98.3 cm³/mol. The van der Waals surface area contributed by atoms with Crippen molar-refractivity contribution in [2.24, 2.45) is 0 Å². The molecule has 0 amide bonds. The number of nitrogens with one attached hydrogen (secondary N) is 1. The number of benzene rings is 2. The summed E-state index contributed by atoms with van der Waals surface area (Å²) in [5.41, 5.74) is 8.55. The Balaban J connectivity index is 2.15. The lowest BCUT2D eigenvalue weighted by atomic mass is 10.1. The zero-order chi connectivity index (χ0) is 15.9. The Morgan fingerprint density at radius 1 is 1.18 bits per heavy atom. The molecule has 0 bridgehead atoms. The van der Waals surface area contributed by atoms with E-state index < -0.39 is 0 Å². The lowest BCUT2D eigenvalue weighted by Gasteiger charge is -2.12. The van der Waals surface area contributed by atoms with Crippen LogP contribution in [0.5, 0.6) is 0 Å². The molecule has 0 spiro atoms. The van der Waals surface area contributed by atoms with E-state index in [4.69, 9.17) is 28.9 Å². The third-order valence-corrected chi connectivity index (χ3v) is 4.60. The van der Waals surface area contributed by atoms with Gasteiger partial charge in [-0.1, -0.05) is 29.3 Å². The number of hydrogen-bond acceptors (Lipinski definition) is 3.